The lowest BCUT2D eigenvalue weighted by Crippen LogP contribution is -1.93. The summed E-state index contributed by atoms with van der Waals surface area (Å²) >= 11 is 19.5. The Hall–Kier alpha value is -0.410. The molecule has 84 valence electrons. The Bertz CT molecular complexity index is 475. The van der Waals surface area contributed by atoms with E-state index in [0.29, 0.717) is 15.9 Å². The second-order valence-electron chi connectivity index (χ2n) is 3.17. The summed E-state index contributed by atoms with van der Waals surface area (Å²) in [5, 5.41) is 8.38. The van der Waals surface area contributed by atoms with Crippen LogP contribution >= 0.6 is 46.1 Å². The molecule has 1 nitrogen and oxygen atoms in total. The van der Waals surface area contributed by atoms with Crippen LogP contribution in [0.15, 0.2) is 29.0 Å². The smallest absolute Gasteiger partial charge is 0.0763 e. The summed E-state index contributed by atoms with van der Waals surface area (Å²) in [6.07, 6.45) is 0. The maximum Gasteiger partial charge on any atom is 0.0763 e. The van der Waals surface area contributed by atoms with E-state index >= 15 is 0 Å². The van der Waals surface area contributed by atoms with Gasteiger partial charge in [0.15, 0.2) is 0 Å². The summed E-state index contributed by atoms with van der Waals surface area (Å²) in [4.78, 5) is 0. The molecule has 2 rings (SSSR count). The minimum atomic E-state index is 0.466. The largest absolute Gasteiger partial charge is 0.352 e. The summed E-state index contributed by atoms with van der Waals surface area (Å²) < 4.78 is 0. The number of nitrogens with one attached hydrogen (secondary N) is 1. The molecule has 0 unspecified atom stereocenters. The van der Waals surface area contributed by atoms with E-state index in [2.05, 4.69) is 5.32 Å². The predicted octanol–water partition coefficient (Wildman–Crippen LogP) is 5.54. The van der Waals surface area contributed by atoms with Gasteiger partial charge in [-0.05, 0) is 17.5 Å². The lowest BCUT2D eigenvalue weighted by Gasteiger charge is -2.10. The van der Waals surface area contributed by atoms with Gasteiger partial charge in [0.1, 0.15) is 0 Å². The minimum Gasteiger partial charge on any atom is -0.352 e. The van der Waals surface area contributed by atoms with Crippen molar-refractivity contribution in [1.29, 1.82) is 0 Å². The molecule has 0 saturated heterocycles. The highest BCUT2D eigenvalue weighted by molar-refractivity contribution is 7.08. The van der Waals surface area contributed by atoms with Gasteiger partial charge in [0.2, 0.25) is 0 Å². The van der Waals surface area contributed by atoms with Crippen LogP contribution in [0.1, 0.15) is 5.56 Å². The molecule has 0 fully saturated rings. The minimum absolute atomic E-state index is 0.466. The van der Waals surface area contributed by atoms with Gasteiger partial charge >= 0.3 is 0 Å². The zero-order chi connectivity index (χ0) is 11.5. The highest BCUT2D eigenvalue weighted by Crippen LogP contribution is 2.34. The standard InChI is InChI=1S/C11H8Cl3NS/c12-4-7-5-16-6-10(7)15-11-8(13)2-1-3-9(11)14/h1-3,5-6,15H,4H2. The van der Waals surface area contributed by atoms with Gasteiger partial charge in [0.05, 0.1) is 27.3 Å². The van der Waals surface area contributed by atoms with Crippen LogP contribution in [0.2, 0.25) is 10.0 Å². The number of benzene rings is 1. The number of hydrogen-bond acceptors (Lipinski definition) is 2. The van der Waals surface area contributed by atoms with Crippen LogP contribution in [0, 0.1) is 0 Å². The fourth-order valence-electron chi connectivity index (χ4n) is 1.29. The Labute approximate surface area is 113 Å². The van der Waals surface area contributed by atoms with Crippen molar-refractivity contribution in [3.63, 3.8) is 0 Å². The third kappa shape index (κ3) is 2.46. The summed E-state index contributed by atoms with van der Waals surface area (Å²) in [5.41, 5.74) is 2.72. The molecule has 0 spiro atoms. The van der Waals surface area contributed by atoms with Crippen LogP contribution in [0.4, 0.5) is 11.4 Å². The van der Waals surface area contributed by atoms with E-state index in [1.54, 1.807) is 23.5 Å². The molecule has 0 bridgehead atoms. The second kappa shape index (κ2) is 5.28. The molecule has 5 heteroatoms. The Kier molecular flexibility index (Phi) is 3.98. The third-order valence-electron chi connectivity index (χ3n) is 2.11. The summed E-state index contributed by atoms with van der Waals surface area (Å²) in [5.74, 6) is 0.466. The molecule has 2 aromatic rings. The van der Waals surface area contributed by atoms with Crippen molar-refractivity contribution in [2.45, 2.75) is 5.88 Å². The van der Waals surface area contributed by atoms with E-state index in [9.17, 15) is 0 Å². The molecule has 0 aliphatic rings. The van der Waals surface area contributed by atoms with Gasteiger partial charge in [-0.1, -0.05) is 29.3 Å². The van der Waals surface area contributed by atoms with E-state index in [0.717, 1.165) is 16.9 Å². The number of anilines is 2. The molecular weight excluding hydrogens is 285 g/mol. The van der Waals surface area contributed by atoms with Crippen molar-refractivity contribution >= 4 is 57.5 Å². The highest BCUT2D eigenvalue weighted by atomic mass is 35.5. The SMILES string of the molecule is ClCc1cscc1Nc1c(Cl)cccc1Cl. The maximum absolute atomic E-state index is 6.07. The molecule has 1 heterocycles. The summed E-state index contributed by atoms with van der Waals surface area (Å²) in [6, 6.07) is 5.40. The number of para-hydroxylation sites is 1. The van der Waals surface area contributed by atoms with Crippen LogP contribution < -0.4 is 5.32 Å². The molecule has 1 aromatic heterocycles. The average molecular weight is 293 g/mol. The van der Waals surface area contributed by atoms with Crippen LogP contribution in [0.5, 0.6) is 0 Å². The Morgan fingerprint density at radius 1 is 1.12 bits per heavy atom. The van der Waals surface area contributed by atoms with E-state index in [1.807, 2.05) is 16.8 Å². The first-order chi connectivity index (χ1) is 7.72. The van der Waals surface area contributed by atoms with Gasteiger partial charge in [-0.2, -0.15) is 0 Å². The lowest BCUT2D eigenvalue weighted by atomic mass is 10.2. The quantitative estimate of drug-likeness (QED) is 0.733. The first-order valence-electron chi connectivity index (χ1n) is 4.54. The predicted molar refractivity (Wildman–Crippen MR) is 73.6 cm³/mol. The van der Waals surface area contributed by atoms with Crippen LogP contribution in [-0.4, -0.2) is 0 Å². The molecule has 0 radical (unpaired) electrons. The van der Waals surface area contributed by atoms with Gasteiger partial charge < -0.3 is 5.32 Å². The molecule has 1 aromatic carbocycles. The van der Waals surface area contributed by atoms with Crippen molar-refractivity contribution in [3.8, 4) is 0 Å². The Balaban J connectivity index is 2.34. The van der Waals surface area contributed by atoms with E-state index in [1.165, 1.54) is 0 Å². The summed E-state index contributed by atoms with van der Waals surface area (Å²) in [7, 11) is 0. The van der Waals surface area contributed by atoms with Crippen LogP contribution in [-0.2, 0) is 5.88 Å². The molecule has 1 N–H and O–H groups in total. The van der Waals surface area contributed by atoms with E-state index < -0.39 is 0 Å². The number of thiophene rings is 1. The van der Waals surface area contributed by atoms with Crippen molar-refractivity contribution in [1.82, 2.24) is 0 Å². The molecule has 0 saturated carbocycles. The van der Waals surface area contributed by atoms with Crippen molar-refractivity contribution in [2.24, 2.45) is 0 Å². The number of rotatable bonds is 3. The maximum atomic E-state index is 6.07. The van der Waals surface area contributed by atoms with Gasteiger partial charge in [0, 0.05) is 10.9 Å². The Morgan fingerprint density at radius 3 is 2.44 bits per heavy atom. The fourth-order valence-corrected chi connectivity index (χ4v) is 2.88. The first-order valence-corrected chi connectivity index (χ1v) is 6.77. The van der Waals surface area contributed by atoms with Crippen molar-refractivity contribution in [3.05, 3.63) is 44.6 Å². The molecule has 0 amide bonds. The first kappa shape index (κ1) is 12.1. The Morgan fingerprint density at radius 2 is 1.81 bits per heavy atom. The van der Waals surface area contributed by atoms with Gasteiger partial charge in [-0.3, -0.25) is 0 Å². The normalized spacial score (nSPS) is 10.4. The van der Waals surface area contributed by atoms with Crippen LogP contribution in [0.3, 0.4) is 0 Å². The fraction of sp³-hybridized carbons (Fsp3) is 0.0909. The zero-order valence-corrected chi connectivity index (χ0v) is 11.2. The number of hydrogen-bond donors (Lipinski definition) is 1. The average Bonchev–Trinajstić information content (AvgIpc) is 2.71. The molecule has 16 heavy (non-hydrogen) atoms. The molecular formula is C11H8Cl3NS. The zero-order valence-electron chi connectivity index (χ0n) is 8.14. The van der Waals surface area contributed by atoms with Gasteiger partial charge in [0.25, 0.3) is 0 Å². The molecule has 0 aliphatic heterocycles. The topological polar surface area (TPSA) is 12.0 Å². The lowest BCUT2D eigenvalue weighted by molar-refractivity contribution is 1.43. The van der Waals surface area contributed by atoms with Crippen molar-refractivity contribution < 1.29 is 0 Å². The summed E-state index contributed by atoms with van der Waals surface area (Å²) in [6.45, 7) is 0. The van der Waals surface area contributed by atoms with Crippen LogP contribution in [0.25, 0.3) is 0 Å². The van der Waals surface area contributed by atoms with Gasteiger partial charge in [-0.25, -0.2) is 0 Å². The number of alkyl halides is 1. The monoisotopic (exact) mass is 291 g/mol. The van der Waals surface area contributed by atoms with E-state index in [4.69, 9.17) is 34.8 Å². The molecule has 0 atom stereocenters. The van der Waals surface area contributed by atoms with Crippen molar-refractivity contribution in [2.75, 3.05) is 5.32 Å². The molecule has 0 aliphatic carbocycles. The second-order valence-corrected chi connectivity index (χ2v) is 4.99. The van der Waals surface area contributed by atoms with Gasteiger partial charge in [-0.15, -0.1) is 22.9 Å². The third-order valence-corrected chi connectivity index (χ3v) is 3.82. The number of halogens is 3. The van der Waals surface area contributed by atoms with E-state index in [-0.39, 0.29) is 0 Å². The highest BCUT2D eigenvalue weighted by Gasteiger charge is 2.08.